The molecule has 0 amide bonds. The number of hydrogen-bond donors (Lipinski definition) is 0. The molecule has 21 heavy (non-hydrogen) atoms. The molecule has 1 aliphatic carbocycles. The van der Waals surface area contributed by atoms with Gasteiger partial charge in [-0.1, -0.05) is 0 Å². The van der Waals surface area contributed by atoms with Gasteiger partial charge in [-0.25, -0.2) is 0 Å². The second kappa shape index (κ2) is 36.4. The normalized spacial score (nSPS) is 13.3. The van der Waals surface area contributed by atoms with Crippen molar-refractivity contribution < 1.29 is 43.8 Å². The van der Waals surface area contributed by atoms with Gasteiger partial charge in [0.1, 0.15) is 0 Å². The Morgan fingerprint density at radius 2 is 1.43 bits per heavy atom. The van der Waals surface area contributed by atoms with E-state index in [1.54, 1.807) is 7.11 Å². The topological polar surface area (TPSA) is 109 Å². The predicted octanol–water partition coefficient (Wildman–Crippen LogP) is 1.87. The van der Waals surface area contributed by atoms with Crippen LogP contribution in [0, 0.1) is 39.2 Å². The zero-order valence-corrected chi connectivity index (χ0v) is 12.9. The van der Waals surface area contributed by atoms with Crippen LogP contribution >= 0.6 is 0 Å². The van der Waals surface area contributed by atoms with Crippen LogP contribution < -0.4 is 0 Å². The minimum absolute atomic E-state index is 0.616. The van der Waals surface area contributed by atoms with Crippen molar-refractivity contribution >= 4 is 4.57 Å². The van der Waals surface area contributed by atoms with E-state index >= 15 is 0 Å². The number of allylic oxidation sites excluding steroid dienone is 2. The Labute approximate surface area is 133 Å². The number of ether oxygens (including phenoxy) is 1. The van der Waals surface area contributed by atoms with Gasteiger partial charge in [0, 0.05) is 0 Å². The zero-order chi connectivity index (χ0) is 18.3. The van der Waals surface area contributed by atoms with Crippen molar-refractivity contribution in [1.29, 1.82) is 0 Å². The third-order valence-corrected chi connectivity index (χ3v) is 2.89. The maximum atomic E-state index is 7.50. The third kappa shape index (κ3) is 24.2. The van der Waals surface area contributed by atoms with Gasteiger partial charge in [0.05, 0.1) is 0 Å². The first kappa shape index (κ1) is 32.0. The molecule has 0 fully saturated rings. The van der Waals surface area contributed by atoms with Crippen LogP contribution in [0.1, 0.15) is 26.2 Å². The summed E-state index contributed by atoms with van der Waals surface area (Å²) in [5.41, 5.74) is 1.49. The second-order valence-electron chi connectivity index (χ2n) is 3.05. The van der Waals surface area contributed by atoms with Crippen molar-refractivity contribution in [2.45, 2.75) is 26.2 Å². The van der Waals surface area contributed by atoms with Crippen molar-refractivity contribution in [2.75, 3.05) is 7.11 Å². The van der Waals surface area contributed by atoms with Crippen LogP contribution in [0.5, 0.6) is 0 Å². The first-order valence-corrected chi connectivity index (χ1v) is 5.63. The van der Waals surface area contributed by atoms with Crippen molar-refractivity contribution in [3.05, 3.63) is 44.9 Å². The Kier molecular flexibility index (Phi) is 55.3. The van der Waals surface area contributed by atoms with Crippen LogP contribution in [0.25, 0.3) is 0 Å². The molecule has 0 saturated carbocycles. The average molecular weight is 330 g/mol. The fourth-order valence-electron chi connectivity index (χ4n) is 1.47. The molecular weight excluding hydrogens is 316 g/mol. The zero-order valence-electron chi connectivity index (χ0n) is 11.6. The van der Waals surface area contributed by atoms with Crippen molar-refractivity contribution in [3.8, 4) is 0 Å². The van der Waals surface area contributed by atoms with E-state index in [1.165, 1.54) is 18.4 Å². The summed E-state index contributed by atoms with van der Waals surface area (Å²) in [5.74, 6) is 0.616. The molecule has 0 heterocycles. The first-order valence-electron chi connectivity index (χ1n) is 4.99. The quantitative estimate of drug-likeness (QED) is 0.430. The van der Waals surface area contributed by atoms with Crippen molar-refractivity contribution in [3.63, 3.8) is 0 Å². The average Bonchev–Trinajstić information content (AvgIpc) is 2.63. The van der Waals surface area contributed by atoms with Gasteiger partial charge < -0.3 is 0 Å². The van der Waals surface area contributed by atoms with Gasteiger partial charge in [-0.2, -0.15) is 0 Å². The monoisotopic (exact) mass is 330 g/mol. The standard InChI is InChI=1S/C9H14O.5CO.Cr/c1-8-4-3-5-9(6-8)7-10-2;5*1-2;/h4,9H,3,5-6H2,1-2H3;;;;;;. The Balaban J connectivity index is -0.0000000727. The first-order chi connectivity index (χ1) is 10.2. The van der Waals surface area contributed by atoms with E-state index in [2.05, 4.69) is 62.1 Å². The Hall–Kier alpha value is -1.20. The van der Waals surface area contributed by atoms with E-state index in [-0.39, 0.29) is 0 Å². The van der Waals surface area contributed by atoms with Crippen LogP contribution in [0.15, 0.2) is 11.6 Å². The van der Waals surface area contributed by atoms with Crippen molar-refractivity contribution in [1.82, 2.24) is 0 Å². The molecule has 0 aliphatic heterocycles. The summed E-state index contributed by atoms with van der Waals surface area (Å²) in [7, 11) is 1.74. The molecule has 7 heteroatoms. The fourth-order valence-corrected chi connectivity index (χ4v) is 1.79. The Morgan fingerprint density at radius 1 is 1.05 bits per heavy atom. The van der Waals surface area contributed by atoms with Crippen LogP contribution in [0.4, 0.5) is 0 Å². The molecule has 112 valence electrons. The summed E-state index contributed by atoms with van der Waals surface area (Å²) in [6.45, 7) is 24.7. The van der Waals surface area contributed by atoms with Gasteiger partial charge >= 0.3 is 133 Å². The maximum absolute atomic E-state index is 7.50. The summed E-state index contributed by atoms with van der Waals surface area (Å²) >= 11 is 2.98. The van der Waals surface area contributed by atoms with E-state index in [0.29, 0.717) is 5.92 Å². The SMILES string of the molecule is CO[C](=[Cr])C1CCC=C(C)C1.[C-]#[O+].[C-]#[O+].[C-]#[O+].[C-]#[O+].[C-]#[O+]. The molecule has 6 nitrogen and oxygen atoms in total. The summed E-state index contributed by atoms with van der Waals surface area (Å²) < 4.78 is 43.7. The second-order valence-corrected chi connectivity index (χ2v) is 3.68. The van der Waals surface area contributed by atoms with E-state index < -0.39 is 0 Å². The summed E-state index contributed by atoms with van der Waals surface area (Å²) in [6.07, 6.45) is 5.91. The number of hydrogen-bond acceptors (Lipinski definition) is 1. The molecule has 1 atom stereocenters. The van der Waals surface area contributed by atoms with E-state index in [1.807, 2.05) is 0 Å². The van der Waals surface area contributed by atoms with Crippen LogP contribution in [-0.4, -0.2) is 11.7 Å². The van der Waals surface area contributed by atoms with Crippen molar-refractivity contribution in [2.24, 2.45) is 5.92 Å². The van der Waals surface area contributed by atoms with E-state index in [4.69, 9.17) is 28.0 Å². The van der Waals surface area contributed by atoms with Crippen LogP contribution in [0.2, 0.25) is 0 Å². The molecule has 1 rings (SSSR count). The molecule has 0 aromatic heterocycles. The summed E-state index contributed by atoms with van der Waals surface area (Å²) in [4.78, 5) is 0. The Morgan fingerprint density at radius 3 is 1.71 bits per heavy atom. The molecule has 1 aliphatic rings. The fraction of sp³-hybridized carbons (Fsp3) is 0.429. The molecular formula is C14H14CrO6. The molecule has 0 aromatic rings. The van der Waals surface area contributed by atoms with E-state index in [9.17, 15) is 0 Å². The van der Waals surface area contributed by atoms with Gasteiger partial charge in [0.25, 0.3) is 0 Å². The molecule has 0 saturated heterocycles. The molecule has 1 unspecified atom stereocenters. The number of methoxy groups -OCH3 is 1. The summed E-state index contributed by atoms with van der Waals surface area (Å²) in [6, 6.07) is 0. The van der Waals surface area contributed by atoms with Gasteiger partial charge in [0.2, 0.25) is 0 Å². The van der Waals surface area contributed by atoms with E-state index in [0.717, 1.165) is 11.0 Å². The molecule has 0 spiro atoms. The minimum atomic E-state index is 0.616. The molecule has 0 bridgehead atoms. The van der Waals surface area contributed by atoms with Gasteiger partial charge in [-0.05, 0) is 0 Å². The van der Waals surface area contributed by atoms with Crippen LogP contribution in [-0.2, 0) is 43.8 Å². The Bertz CT molecular complexity index is 327. The van der Waals surface area contributed by atoms with Gasteiger partial charge in [0.15, 0.2) is 0 Å². The molecule has 0 radical (unpaired) electrons. The number of rotatable bonds is 2. The van der Waals surface area contributed by atoms with Gasteiger partial charge in [-0.15, -0.1) is 0 Å². The third-order valence-electron chi connectivity index (χ3n) is 2.11. The summed E-state index contributed by atoms with van der Waals surface area (Å²) in [5, 5.41) is 0. The van der Waals surface area contributed by atoms with Gasteiger partial charge in [-0.3, -0.25) is 0 Å². The molecule has 0 aromatic carbocycles. The predicted molar refractivity (Wildman–Crippen MR) is 62.8 cm³/mol. The molecule has 0 N–H and O–H groups in total. The van der Waals surface area contributed by atoms with Crippen LogP contribution in [0.3, 0.4) is 0 Å².